The second kappa shape index (κ2) is 12.9. The van der Waals surface area contributed by atoms with E-state index in [0.29, 0.717) is 0 Å². The van der Waals surface area contributed by atoms with Gasteiger partial charge >= 0.3 is 0 Å². The zero-order valence-corrected chi connectivity index (χ0v) is 30.6. The summed E-state index contributed by atoms with van der Waals surface area (Å²) in [5, 5.41) is 2.21. The van der Waals surface area contributed by atoms with E-state index in [1.165, 1.54) is 33.4 Å². The molecule has 1 aliphatic rings. The predicted octanol–water partition coefficient (Wildman–Crippen LogP) is 14.0. The van der Waals surface area contributed by atoms with E-state index < -0.39 is 5.41 Å². The van der Waals surface area contributed by atoms with Crippen LogP contribution in [0.1, 0.15) is 22.3 Å². The number of rotatable bonds is 6. The number of benzene rings is 8. The predicted molar refractivity (Wildman–Crippen MR) is 231 cm³/mol. The van der Waals surface area contributed by atoms with Crippen LogP contribution >= 0.6 is 0 Å². The molecule has 0 amide bonds. The Morgan fingerprint density at radius 3 is 1.64 bits per heavy atom. The quantitative estimate of drug-likeness (QED) is 0.171. The third kappa shape index (κ3) is 4.93. The summed E-state index contributed by atoms with van der Waals surface area (Å²) in [6.07, 6.45) is 0. The van der Waals surface area contributed by atoms with Crippen LogP contribution in [0.2, 0.25) is 0 Å². The number of aromatic nitrogens is 1. The Kier molecular flexibility index (Phi) is 7.43. The first-order valence-electron chi connectivity index (χ1n) is 19.2. The van der Waals surface area contributed by atoms with E-state index in [4.69, 9.17) is 9.40 Å². The molecular formula is C54H35NO. The molecule has 56 heavy (non-hydrogen) atoms. The topological polar surface area (TPSA) is 26.0 Å². The highest BCUT2D eigenvalue weighted by Gasteiger charge is 2.46. The van der Waals surface area contributed by atoms with Crippen molar-refractivity contribution in [3.8, 4) is 55.9 Å². The molecule has 0 atom stereocenters. The van der Waals surface area contributed by atoms with Gasteiger partial charge in [-0.3, -0.25) is 0 Å². The molecule has 0 unspecified atom stereocenters. The van der Waals surface area contributed by atoms with Crippen molar-refractivity contribution < 1.29 is 4.42 Å². The van der Waals surface area contributed by atoms with E-state index in [-0.39, 0.29) is 0 Å². The van der Waals surface area contributed by atoms with Gasteiger partial charge in [-0.15, -0.1) is 0 Å². The molecule has 0 fully saturated rings. The van der Waals surface area contributed by atoms with E-state index in [1.807, 2.05) is 6.07 Å². The molecule has 8 aromatic carbocycles. The Balaban J connectivity index is 1.29. The maximum atomic E-state index is 6.80. The number of pyridine rings is 1. The van der Waals surface area contributed by atoms with Crippen LogP contribution in [0.15, 0.2) is 217 Å². The number of para-hydroxylation sites is 2. The molecule has 0 saturated heterocycles. The standard InChI is InChI=1S/C54H35NO/c1-5-18-36(19-6-1)38-32-50(37-20-7-2-8-21-37)55-51(33-38)47-34-46-41-26-13-15-30-48(41)54(39-22-9-3-10-23-39,40-24-11-4-12-25-40)49(46)35-45(47)44-29-17-28-43-42-27-14-16-31-52(42)56-53(43)44/h1-35H. The highest BCUT2D eigenvalue weighted by atomic mass is 16.3. The van der Waals surface area contributed by atoms with Gasteiger partial charge in [0.1, 0.15) is 11.2 Å². The molecular weight excluding hydrogens is 679 g/mol. The van der Waals surface area contributed by atoms with Gasteiger partial charge in [0.15, 0.2) is 0 Å². The van der Waals surface area contributed by atoms with Gasteiger partial charge in [-0.25, -0.2) is 4.98 Å². The van der Waals surface area contributed by atoms with Crippen molar-refractivity contribution >= 4 is 21.9 Å². The monoisotopic (exact) mass is 713 g/mol. The van der Waals surface area contributed by atoms with Crippen molar-refractivity contribution in [2.75, 3.05) is 0 Å². The Morgan fingerprint density at radius 2 is 0.911 bits per heavy atom. The van der Waals surface area contributed by atoms with Gasteiger partial charge in [-0.1, -0.05) is 182 Å². The number of furan rings is 1. The second-order valence-electron chi connectivity index (χ2n) is 14.6. The minimum absolute atomic E-state index is 0.558. The van der Waals surface area contributed by atoms with Crippen molar-refractivity contribution in [3.63, 3.8) is 0 Å². The highest BCUT2D eigenvalue weighted by Crippen LogP contribution is 2.58. The Morgan fingerprint density at radius 1 is 0.339 bits per heavy atom. The van der Waals surface area contributed by atoms with Gasteiger partial charge in [0.05, 0.1) is 16.8 Å². The maximum Gasteiger partial charge on any atom is 0.143 e. The minimum atomic E-state index is -0.558. The van der Waals surface area contributed by atoms with Crippen molar-refractivity contribution in [2.45, 2.75) is 5.41 Å². The van der Waals surface area contributed by atoms with Crippen LogP contribution in [0, 0.1) is 0 Å². The van der Waals surface area contributed by atoms with Crippen LogP contribution in [0.3, 0.4) is 0 Å². The molecule has 0 spiro atoms. The van der Waals surface area contributed by atoms with Gasteiger partial charge in [0.2, 0.25) is 0 Å². The lowest BCUT2D eigenvalue weighted by Gasteiger charge is -2.34. The maximum absolute atomic E-state index is 6.80. The molecule has 0 bridgehead atoms. The van der Waals surface area contributed by atoms with E-state index in [2.05, 4.69) is 206 Å². The summed E-state index contributed by atoms with van der Waals surface area (Å²) in [5.41, 5.74) is 16.9. The Hall–Kier alpha value is -7.29. The normalized spacial score (nSPS) is 12.8. The van der Waals surface area contributed by atoms with Crippen LogP contribution in [-0.2, 0) is 5.41 Å². The zero-order valence-electron chi connectivity index (χ0n) is 30.6. The summed E-state index contributed by atoms with van der Waals surface area (Å²) >= 11 is 0. The summed E-state index contributed by atoms with van der Waals surface area (Å²) in [7, 11) is 0. The summed E-state index contributed by atoms with van der Waals surface area (Å²) in [5.74, 6) is 0. The number of hydrogen-bond donors (Lipinski definition) is 0. The lowest BCUT2D eigenvalue weighted by Crippen LogP contribution is -2.28. The average molecular weight is 714 g/mol. The Bertz CT molecular complexity index is 2960. The fraction of sp³-hybridized carbons (Fsp3) is 0.0185. The first kappa shape index (κ1) is 32.2. The summed E-state index contributed by atoms with van der Waals surface area (Å²) < 4.78 is 6.80. The van der Waals surface area contributed by atoms with Gasteiger partial charge < -0.3 is 4.42 Å². The molecule has 0 aliphatic heterocycles. The van der Waals surface area contributed by atoms with Crippen LogP contribution < -0.4 is 0 Å². The molecule has 2 heterocycles. The van der Waals surface area contributed by atoms with E-state index in [9.17, 15) is 0 Å². The fourth-order valence-electron chi connectivity index (χ4n) is 9.10. The minimum Gasteiger partial charge on any atom is -0.455 e. The molecule has 0 radical (unpaired) electrons. The SMILES string of the molecule is c1ccc(-c2cc(-c3ccccc3)nc(-c3cc4c(cc3-c3cccc5c3oc3ccccc35)C(c3ccccc3)(c3ccccc3)c3ccccc3-4)c2)cc1. The molecule has 1 aliphatic carbocycles. The summed E-state index contributed by atoms with van der Waals surface area (Å²) in [4.78, 5) is 5.51. The van der Waals surface area contributed by atoms with Crippen molar-refractivity contribution in [2.24, 2.45) is 0 Å². The molecule has 2 nitrogen and oxygen atoms in total. The largest absolute Gasteiger partial charge is 0.455 e. The molecule has 2 heteroatoms. The second-order valence-corrected chi connectivity index (χ2v) is 14.6. The van der Waals surface area contributed by atoms with E-state index in [0.717, 1.165) is 66.7 Å². The van der Waals surface area contributed by atoms with Crippen LogP contribution in [-0.4, -0.2) is 4.98 Å². The first-order chi connectivity index (χ1) is 27.8. The van der Waals surface area contributed by atoms with E-state index in [1.54, 1.807) is 0 Å². The van der Waals surface area contributed by atoms with Crippen molar-refractivity contribution in [1.29, 1.82) is 0 Å². The number of fused-ring (bicyclic) bond motifs is 6. The molecule has 0 N–H and O–H groups in total. The molecule has 11 rings (SSSR count). The van der Waals surface area contributed by atoms with Gasteiger partial charge in [0, 0.05) is 27.5 Å². The highest BCUT2D eigenvalue weighted by molar-refractivity contribution is 6.11. The zero-order chi connectivity index (χ0) is 37.1. The fourth-order valence-corrected chi connectivity index (χ4v) is 9.10. The lowest BCUT2D eigenvalue weighted by molar-refractivity contribution is 0.670. The van der Waals surface area contributed by atoms with Crippen LogP contribution in [0.25, 0.3) is 77.8 Å². The molecule has 10 aromatic rings. The van der Waals surface area contributed by atoms with Crippen molar-refractivity contribution in [3.05, 3.63) is 235 Å². The number of hydrogen-bond acceptors (Lipinski definition) is 2. The summed E-state index contributed by atoms with van der Waals surface area (Å²) in [6, 6.07) is 76.3. The van der Waals surface area contributed by atoms with Gasteiger partial charge in [-0.2, -0.15) is 0 Å². The van der Waals surface area contributed by atoms with Gasteiger partial charge in [0.25, 0.3) is 0 Å². The van der Waals surface area contributed by atoms with Crippen LogP contribution in [0.4, 0.5) is 0 Å². The van der Waals surface area contributed by atoms with Crippen LogP contribution in [0.5, 0.6) is 0 Å². The van der Waals surface area contributed by atoms with E-state index >= 15 is 0 Å². The third-order valence-electron chi connectivity index (χ3n) is 11.6. The molecule has 262 valence electrons. The number of nitrogens with zero attached hydrogens (tertiary/aromatic N) is 1. The molecule has 0 saturated carbocycles. The van der Waals surface area contributed by atoms with Crippen molar-refractivity contribution in [1.82, 2.24) is 4.98 Å². The first-order valence-corrected chi connectivity index (χ1v) is 19.2. The average Bonchev–Trinajstić information content (AvgIpc) is 3.81. The lowest BCUT2D eigenvalue weighted by atomic mass is 9.67. The van der Waals surface area contributed by atoms with Gasteiger partial charge in [-0.05, 0) is 80.4 Å². The Labute approximate surface area is 326 Å². The summed E-state index contributed by atoms with van der Waals surface area (Å²) in [6.45, 7) is 0. The third-order valence-corrected chi connectivity index (χ3v) is 11.6. The molecule has 2 aromatic heterocycles. The smallest absolute Gasteiger partial charge is 0.143 e.